The quantitative estimate of drug-likeness (QED) is 0.811. The van der Waals surface area contributed by atoms with Gasteiger partial charge in [-0.05, 0) is 48.5 Å². The SMILES string of the molecule is O=C(Nc1ccc(C(F)(F)F)cc1)NC1CC(=O)N(c2ccc(Cl)cc2)C1. The topological polar surface area (TPSA) is 61.4 Å². The van der Waals surface area contributed by atoms with Gasteiger partial charge in [0.1, 0.15) is 0 Å². The molecule has 1 aliphatic heterocycles. The van der Waals surface area contributed by atoms with Crippen LogP contribution in [0, 0.1) is 0 Å². The minimum absolute atomic E-state index is 0.128. The molecule has 1 fully saturated rings. The Morgan fingerprint density at radius 3 is 2.30 bits per heavy atom. The van der Waals surface area contributed by atoms with Crippen LogP contribution >= 0.6 is 11.6 Å². The lowest BCUT2D eigenvalue weighted by Crippen LogP contribution is -2.39. The minimum atomic E-state index is -4.43. The van der Waals surface area contributed by atoms with Crippen molar-refractivity contribution in [3.05, 3.63) is 59.1 Å². The summed E-state index contributed by atoms with van der Waals surface area (Å²) in [5.74, 6) is -0.142. The molecule has 1 unspecified atom stereocenters. The summed E-state index contributed by atoms with van der Waals surface area (Å²) >= 11 is 5.83. The molecule has 2 aromatic rings. The highest BCUT2D eigenvalue weighted by Crippen LogP contribution is 2.30. The van der Waals surface area contributed by atoms with Gasteiger partial charge in [-0.3, -0.25) is 4.79 Å². The van der Waals surface area contributed by atoms with Gasteiger partial charge in [-0.15, -0.1) is 0 Å². The van der Waals surface area contributed by atoms with Crippen molar-refractivity contribution >= 4 is 34.9 Å². The maximum absolute atomic E-state index is 12.5. The first-order valence-corrected chi connectivity index (χ1v) is 8.41. The Hall–Kier alpha value is -2.74. The van der Waals surface area contributed by atoms with Crippen molar-refractivity contribution in [2.75, 3.05) is 16.8 Å². The number of urea groups is 1. The molecule has 3 rings (SSSR count). The van der Waals surface area contributed by atoms with Crippen LogP contribution in [0.2, 0.25) is 5.02 Å². The number of alkyl halides is 3. The van der Waals surface area contributed by atoms with Gasteiger partial charge < -0.3 is 15.5 Å². The summed E-state index contributed by atoms with van der Waals surface area (Å²) in [6.45, 7) is 0.293. The van der Waals surface area contributed by atoms with E-state index in [9.17, 15) is 22.8 Å². The van der Waals surface area contributed by atoms with Crippen molar-refractivity contribution in [3.8, 4) is 0 Å². The minimum Gasteiger partial charge on any atom is -0.333 e. The van der Waals surface area contributed by atoms with Crippen molar-refractivity contribution < 1.29 is 22.8 Å². The number of benzene rings is 2. The summed E-state index contributed by atoms with van der Waals surface area (Å²) in [6.07, 6.45) is -4.31. The van der Waals surface area contributed by atoms with Gasteiger partial charge in [0.05, 0.1) is 11.6 Å². The molecule has 2 aromatic carbocycles. The van der Waals surface area contributed by atoms with Gasteiger partial charge in [0.15, 0.2) is 0 Å². The predicted molar refractivity (Wildman–Crippen MR) is 95.8 cm³/mol. The average Bonchev–Trinajstić information content (AvgIpc) is 2.95. The van der Waals surface area contributed by atoms with Gasteiger partial charge in [0.25, 0.3) is 0 Å². The van der Waals surface area contributed by atoms with E-state index in [1.165, 1.54) is 12.1 Å². The van der Waals surface area contributed by atoms with Crippen LogP contribution < -0.4 is 15.5 Å². The number of hydrogen-bond donors (Lipinski definition) is 2. The highest BCUT2D eigenvalue weighted by atomic mass is 35.5. The molecule has 142 valence electrons. The molecule has 0 spiro atoms. The van der Waals surface area contributed by atoms with E-state index in [0.29, 0.717) is 17.3 Å². The molecule has 1 atom stereocenters. The molecule has 1 aliphatic rings. The highest BCUT2D eigenvalue weighted by Gasteiger charge is 2.32. The van der Waals surface area contributed by atoms with Crippen LogP contribution in [-0.4, -0.2) is 24.5 Å². The van der Waals surface area contributed by atoms with Crippen molar-refractivity contribution in [2.24, 2.45) is 0 Å². The normalized spacial score (nSPS) is 17.1. The molecule has 2 N–H and O–H groups in total. The van der Waals surface area contributed by atoms with Crippen LogP contribution in [0.4, 0.5) is 29.3 Å². The lowest BCUT2D eigenvalue weighted by atomic mass is 10.2. The van der Waals surface area contributed by atoms with E-state index < -0.39 is 23.8 Å². The second kappa shape index (κ2) is 7.48. The third kappa shape index (κ3) is 4.71. The molecule has 0 aromatic heterocycles. The number of rotatable bonds is 3. The van der Waals surface area contributed by atoms with Crippen LogP contribution in [0.3, 0.4) is 0 Å². The maximum atomic E-state index is 12.5. The Labute approximate surface area is 158 Å². The van der Waals surface area contributed by atoms with Crippen LogP contribution in [0.15, 0.2) is 48.5 Å². The van der Waals surface area contributed by atoms with Gasteiger partial charge in [-0.1, -0.05) is 11.6 Å². The number of amides is 3. The molecule has 0 bridgehead atoms. The molecule has 5 nitrogen and oxygen atoms in total. The first kappa shape index (κ1) is 19.0. The molecule has 0 radical (unpaired) electrons. The van der Waals surface area contributed by atoms with Crippen LogP contribution in [0.1, 0.15) is 12.0 Å². The fraction of sp³-hybridized carbons (Fsp3) is 0.222. The predicted octanol–water partition coefficient (Wildman–Crippen LogP) is 4.29. The lowest BCUT2D eigenvalue weighted by molar-refractivity contribution is -0.137. The van der Waals surface area contributed by atoms with Crippen LogP contribution in [0.5, 0.6) is 0 Å². The Morgan fingerprint density at radius 2 is 1.70 bits per heavy atom. The van der Waals surface area contributed by atoms with Gasteiger partial charge in [0, 0.05) is 29.4 Å². The van der Waals surface area contributed by atoms with Crippen molar-refractivity contribution in [1.29, 1.82) is 0 Å². The number of nitrogens with zero attached hydrogens (tertiary/aromatic N) is 1. The van der Waals surface area contributed by atoms with E-state index in [1.807, 2.05) is 0 Å². The Bertz CT molecular complexity index is 838. The number of hydrogen-bond acceptors (Lipinski definition) is 2. The zero-order chi connectivity index (χ0) is 19.6. The summed E-state index contributed by atoms with van der Waals surface area (Å²) in [5.41, 5.74) is 0.102. The summed E-state index contributed by atoms with van der Waals surface area (Å²) in [5, 5.41) is 5.66. The molecule has 0 aliphatic carbocycles. The van der Waals surface area contributed by atoms with Gasteiger partial charge in [0.2, 0.25) is 5.91 Å². The second-order valence-electron chi connectivity index (χ2n) is 6.06. The fourth-order valence-electron chi connectivity index (χ4n) is 2.77. The van der Waals surface area contributed by atoms with Crippen molar-refractivity contribution in [2.45, 2.75) is 18.6 Å². The number of halogens is 4. The molecule has 27 heavy (non-hydrogen) atoms. The van der Waals surface area contributed by atoms with E-state index in [4.69, 9.17) is 11.6 Å². The number of carbonyl (C=O) groups excluding carboxylic acids is 2. The number of carbonyl (C=O) groups is 2. The van der Waals surface area contributed by atoms with E-state index in [2.05, 4.69) is 10.6 Å². The molecular weight excluding hydrogens is 383 g/mol. The average molecular weight is 398 g/mol. The van der Waals surface area contributed by atoms with Gasteiger partial charge in [-0.25, -0.2) is 4.79 Å². The van der Waals surface area contributed by atoms with Crippen LogP contribution in [-0.2, 0) is 11.0 Å². The largest absolute Gasteiger partial charge is 0.416 e. The van der Waals surface area contributed by atoms with E-state index >= 15 is 0 Å². The summed E-state index contributed by atoms with van der Waals surface area (Å²) in [6, 6.07) is 9.87. The third-order valence-electron chi connectivity index (χ3n) is 4.07. The van der Waals surface area contributed by atoms with Crippen molar-refractivity contribution in [3.63, 3.8) is 0 Å². The summed E-state index contributed by atoms with van der Waals surface area (Å²) in [7, 11) is 0. The number of nitrogens with one attached hydrogen (secondary N) is 2. The fourth-order valence-corrected chi connectivity index (χ4v) is 2.90. The van der Waals surface area contributed by atoms with Gasteiger partial charge in [-0.2, -0.15) is 13.2 Å². The Kier molecular flexibility index (Phi) is 5.27. The lowest BCUT2D eigenvalue weighted by Gasteiger charge is -2.17. The molecular formula is C18H15ClF3N3O2. The van der Waals surface area contributed by atoms with E-state index in [1.54, 1.807) is 29.2 Å². The monoisotopic (exact) mass is 397 g/mol. The zero-order valence-corrected chi connectivity index (χ0v) is 14.6. The Morgan fingerprint density at radius 1 is 1.07 bits per heavy atom. The maximum Gasteiger partial charge on any atom is 0.416 e. The van der Waals surface area contributed by atoms with Crippen molar-refractivity contribution in [1.82, 2.24) is 5.32 Å². The smallest absolute Gasteiger partial charge is 0.333 e. The van der Waals surface area contributed by atoms with Crippen LogP contribution in [0.25, 0.3) is 0 Å². The van der Waals surface area contributed by atoms with E-state index in [0.717, 1.165) is 12.1 Å². The molecule has 1 saturated heterocycles. The summed E-state index contributed by atoms with van der Waals surface area (Å²) < 4.78 is 37.6. The first-order valence-electron chi connectivity index (χ1n) is 8.03. The van der Waals surface area contributed by atoms with E-state index in [-0.39, 0.29) is 18.0 Å². The molecule has 0 saturated carbocycles. The highest BCUT2D eigenvalue weighted by molar-refractivity contribution is 6.30. The molecule has 3 amide bonds. The zero-order valence-electron chi connectivity index (χ0n) is 13.9. The standard InChI is InChI=1S/C18H15ClF3N3O2/c19-12-3-7-15(8-4-12)25-10-14(9-16(25)26)24-17(27)23-13-5-1-11(2-6-13)18(20,21)22/h1-8,14H,9-10H2,(H2,23,24,27). The molecule has 9 heteroatoms. The summed E-state index contributed by atoms with van der Waals surface area (Å²) in [4.78, 5) is 25.8. The molecule has 1 heterocycles. The van der Waals surface area contributed by atoms with Gasteiger partial charge >= 0.3 is 12.2 Å². The second-order valence-corrected chi connectivity index (χ2v) is 6.49. The first-order chi connectivity index (χ1) is 12.7. The third-order valence-corrected chi connectivity index (χ3v) is 4.32. The Balaban J connectivity index is 1.57. The number of anilines is 2.